The van der Waals surface area contributed by atoms with Gasteiger partial charge in [-0.2, -0.15) is 5.10 Å². The van der Waals surface area contributed by atoms with Crippen LogP contribution in [0.3, 0.4) is 0 Å². The molecule has 4 nitrogen and oxygen atoms in total. The van der Waals surface area contributed by atoms with Gasteiger partial charge in [-0.25, -0.2) is 4.68 Å². The number of fused-ring (bicyclic) bond motifs is 1. The fourth-order valence-electron chi connectivity index (χ4n) is 1.47. The molecule has 1 aliphatic rings. The summed E-state index contributed by atoms with van der Waals surface area (Å²) in [5, 5.41) is 7.35. The van der Waals surface area contributed by atoms with Crippen molar-refractivity contribution in [2.24, 2.45) is 5.41 Å². The van der Waals surface area contributed by atoms with Crippen molar-refractivity contribution in [3.05, 3.63) is 6.07 Å². The van der Waals surface area contributed by atoms with E-state index in [-0.39, 0.29) is 5.41 Å². The van der Waals surface area contributed by atoms with Gasteiger partial charge in [0.25, 0.3) is 0 Å². The zero-order chi connectivity index (χ0) is 9.47. The molecule has 0 aromatic carbocycles. The number of rotatable bonds is 1. The van der Waals surface area contributed by atoms with Gasteiger partial charge in [-0.1, -0.05) is 13.8 Å². The Morgan fingerprint density at radius 2 is 2.38 bits per heavy atom. The van der Waals surface area contributed by atoms with Crippen LogP contribution in [-0.2, 0) is 6.54 Å². The van der Waals surface area contributed by atoms with Crippen molar-refractivity contribution in [2.75, 3.05) is 19.0 Å². The number of aromatic nitrogens is 2. The molecule has 0 bridgehead atoms. The molecule has 0 unspecified atom stereocenters. The Balaban J connectivity index is 2.30. The van der Waals surface area contributed by atoms with Crippen molar-refractivity contribution in [2.45, 2.75) is 20.4 Å². The van der Waals surface area contributed by atoms with E-state index in [4.69, 9.17) is 4.74 Å². The van der Waals surface area contributed by atoms with Crippen molar-refractivity contribution in [1.82, 2.24) is 9.78 Å². The number of nitrogens with zero attached hydrogens (tertiary/aromatic N) is 2. The molecule has 0 fully saturated rings. The first kappa shape index (κ1) is 8.41. The first-order valence-electron chi connectivity index (χ1n) is 4.49. The van der Waals surface area contributed by atoms with Gasteiger partial charge >= 0.3 is 0 Å². The largest absolute Gasteiger partial charge is 0.477 e. The second kappa shape index (κ2) is 2.65. The molecule has 2 rings (SSSR count). The molecule has 1 aromatic heterocycles. The molecule has 13 heavy (non-hydrogen) atoms. The van der Waals surface area contributed by atoms with Crippen LogP contribution in [0.5, 0.6) is 5.88 Å². The van der Waals surface area contributed by atoms with E-state index in [1.165, 1.54) is 0 Å². The van der Waals surface area contributed by atoms with Crippen LogP contribution in [0.15, 0.2) is 6.07 Å². The zero-order valence-corrected chi connectivity index (χ0v) is 8.29. The molecular formula is C9H15N3O. The molecule has 0 amide bonds. The fourth-order valence-corrected chi connectivity index (χ4v) is 1.47. The second-order valence-corrected chi connectivity index (χ2v) is 4.23. The first-order chi connectivity index (χ1) is 6.11. The lowest BCUT2D eigenvalue weighted by molar-refractivity contribution is 0.100. The third kappa shape index (κ3) is 1.48. The monoisotopic (exact) mass is 181 g/mol. The molecule has 0 saturated carbocycles. The molecule has 4 heteroatoms. The van der Waals surface area contributed by atoms with E-state index in [0.717, 1.165) is 24.8 Å². The smallest absolute Gasteiger partial charge is 0.213 e. The van der Waals surface area contributed by atoms with Crippen LogP contribution in [-0.4, -0.2) is 23.4 Å². The summed E-state index contributed by atoms with van der Waals surface area (Å²) in [6.07, 6.45) is 0. The van der Waals surface area contributed by atoms with Gasteiger partial charge in [0.2, 0.25) is 5.88 Å². The predicted octanol–water partition coefficient (Wildman–Crippen LogP) is 1.34. The van der Waals surface area contributed by atoms with Gasteiger partial charge in [-0.15, -0.1) is 0 Å². The second-order valence-electron chi connectivity index (χ2n) is 4.23. The Kier molecular flexibility index (Phi) is 1.71. The van der Waals surface area contributed by atoms with E-state index in [1.807, 2.05) is 17.8 Å². The van der Waals surface area contributed by atoms with E-state index in [0.29, 0.717) is 0 Å². The van der Waals surface area contributed by atoms with Crippen LogP contribution in [0.1, 0.15) is 13.8 Å². The van der Waals surface area contributed by atoms with Gasteiger partial charge in [-0.05, 0) is 0 Å². The SMILES string of the molecule is CNc1cc2n(n1)CC(C)(C)CO2. The summed E-state index contributed by atoms with van der Waals surface area (Å²) >= 11 is 0. The van der Waals surface area contributed by atoms with Gasteiger partial charge in [0.1, 0.15) is 0 Å². The van der Waals surface area contributed by atoms with Crippen LogP contribution in [0.25, 0.3) is 0 Å². The quantitative estimate of drug-likeness (QED) is 0.710. The molecule has 0 spiro atoms. The minimum absolute atomic E-state index is 0.185. The Hall–Kier alpha value is -1.19. The maximum atomic E-state index is 5.58. The van der Waals surface area contributed by atoms with Gasteiger partial charge in [-0.3, -0.25) is 0 Å². The van der Waals surface area contributed by atoms with Crippen molar-refractivity contribution < 1.29 is 4.74 Å². The molecular weight excluding hydrogens is 166 g/mol. The van der Waals surface area contributed by atoms with E-state index in [2.05, 4.69) is 24.3 Å². The number of ether oxygens (including phenoxy) is 1. The number of nitrogens with one attached hydrogen (secondary N) is 1. The number of anilines is 1. The van der Waals surface area contributed by atoms with Crippen LogP contribution in [0.4, 0.5) is 5.82 Å². The summed E-state index contributed by atoms with van der Waals surface area (Å²) in [6, 6.07) is 1.93. The van der Waals surface area contributed by atoms with Gasteiger partial charge < -0.3 is 10.1 Å². The summed E-state index contributed by atoms with van der Waals surface area (Å²) in [5.74, 6) is 1.73. The highest BCUT2D eigenvalue weighted by Crippen LogP contribution is 2.29. The third-order valence-electron chi connectivity index (χ3n) is 2.19. The van der Waals surface area contributed by atoms with Crippen molar-refractivity contribution in [3.63, 3.8) is 0 Å². The van der Waals surface area contributed by atoms with E-state index < -0.39 is 0 Å². The lowest BCUT2D eigenvalue weighted by Crippen LogP contribution is -2.32. The average Bonchev–Trinajstić information content (AvgIpc) is 2.44. The summed E-state index contributed by atoms with van der Waals surface area (Å²) < 4.78 is 7.49. The molecule has 1 aliphatic heterocycles. The van der Waals surface area contributed by atoms with Crippen molar-refractivity contribution in [1.29, 1.82) is 0 Å². The standard InChI is InChI=1S/C9H15N3O/c1-9(2)5-12-8(13-6-9)4-7(10-3)11-12/h4H,5-6H2,1-3H3,(H,10,11). The molecule has 0 atom stereocenters. The van der Waals surface area contributed by atoms with Crippen molar-refractivity contribution in [3.8, 4) is 5.88 Å². The topological polar surface area (TPSA) is 39.1 Å². The summed E-state index contributed by atoms with van der Waals surface area (Å²) in [7, 11) is 1.86. The van der Waals surface area contributed by atoms with Gasteiger partial charge in [0, 0.05) is 18.5 Å². The molecule has 1 N–H and O–H groups in total. The molecule has 1 aromatic rings. The zero-order valence-electron chi connectivity index (χ0n) is 8.29. The highest BCUT2D eigenvalue weighted by atomic mass is 16.5. The molecule has 0 saturated heterocycles. The maximum absolute atomic E-state index is 5.58. The molecule has 72 valence electrons. The molecule has 0 radical (unpaired) electrons. The summed E-state index contributed by atoms with van der Waals surface area (Å²) in [5.41, 5.74) is 0.185. The molecule has 2 heterocycles. The van der Waals surface area contributed by atoms with Crippen LogP contribution >= 0.6 is 0 Å². The lowest BCUT2D eigenvalue weighted by atomic mass is 9.94. The highest BCUT2D eigenvalue weighted by Gasteiger charge is 2.27. The lowest BCUT2D eigenvalue weighted by Gasteiger charge is -2.29. The average molecular weight is 181 g/mol. The van der Waals surface area contributed by atoms with Gasteiger partial charge in [0.05, 0.1) is 13.2 Å². The highest BCUT2D eigenvalue weighted by molar-refractivity contribution is 5.38. The number of hydrogen-bond donors (Lipinski definition) is 1. The first-order valence-corrected chi connectivity index (χ1v) is 4.49. The Bertz CT molecular complexity index is 317. The third-order valence-corrected chi connectivity index (χ3v) is 2.19. The predicted molar refractivity (Wildman–Crippen MR) is 51.0 cm³/mol. The fraction of sp³-hybridized carbons (Fsp3) is 0.667. The van der Waals surface area contributed by atoms with E-state index in [9.17, 15) is 0 Å². The maximum Gasteiger partial charge on any atom is 0.213 e. The normalized spacial score (nSPS) is 19.0. The van der Waals surface area contributed by atoms with Crippen LogP contribution < -0.4 is 10.1 Å². The Labute approximate surface area is 77.9 Å². The van der Waals surface area contributed by atoms with Crippen molar-refractivity contribution >= 4 is 5.82 Å². The molecule has 0 aliphatic carbocycles. The number of hydrogen-bond acceptors (Lipinski definition) is 3. The summed E-state index contributed by atoms with van der Waals surface area (Å²) in [4.78, 5) is 0. The minimum atomic E-state index is 0.185. The Morgan fingerprint density at radius 3 is 3.08 bits per heavy atom. The van der Waals surface area contributed by atoms with E-state index in [1.54, 1.807) is 0 Å². The van der Waals surface area contributed by atoms with Crippen LogP contribution in [0.2, 0.25) is 0 Å². The Morgan fingerprint density at radius 1 is 1.62 bits per heavy atom. The van der Waals surface area contributed by atoms with E-state index >= 15 is 0 Å². The van der Waals surface area contributed by atoms with Crippen LogP contribution in [0, 0.1) is 5.41 Å². The van der Waals surface area contributed by atoms with Gasteiger partial charge in [0.15, 0.2) is 5.82 Å². The minimum Gasteiger partial charge on any atom is -0.477 e. The summed E-state index contributed by atoms with van der Waals surface area (Å²) in [6.45, 7) is 6.04.